The Morgan fingerprint density at radius 3 is 2.42 bits per heavy atom. The molecule has 0 radical (unpaired) electrons. The molecule has 0 unspecified atom stereocenters. The third-order valence-corrected chi connectivity index (χ3v) is 5.14. The normalized spacial score (nSPS) is 10.6. The second kappa shape index (κ2) is 8.75. The Labute approximate surface area is 180 Å². The van der Waals surface area contributed by atoms with Gasteiger partial charge in [0, 0.05) is 41.6 Å². The zero-order chi connectivity index (χ0) is 21.8. The molecule has 0 saturated heterocycles. The first kappa shape index (κ1) is 20.2. The van der Waals surface area contributed by atoms with Crippen LogP contribution < -0.4 is 10.7 Å². The number of carbonyl (C=O) groups excluding carboxylic acids is 1. The summed E-state index contributed by atoms with van der Waals surface area (Å²) in [4.78, 5) is 34.9. The number of pyridine rings is 3. The first-order valence-corrected chi connectivity index (χ1v) is 9.96. The summed E-state index contributed by atoms with van der Waals surface area (Å²) in [6.45, 7) is 4.20. The molecule has 154 valence electrons. The van der Waals surface area contributed by atoms with Crippen LogP contribution in [0.1, 0.15) is 27.3 Å². The average molecular weight is 410 g/mol. The van der Waals surface area contributed by atoms with Crippen molar-refractivity contribution in [3.05, 3.63) is 112 Å². The zero-order valence-electron chi connectivity index (χ0n) is 17.4. The molecule has 0 bridgehead atoms. The highest BCUT2D eigenvalue weighted by molar-refractivity contribution is 6.08. The van der Waals surface area contributed by atoms with Crippen molar-refractivity contribution in [2.75, 3.05) is 5.32 Å². The Bertz CT molecular complexity index is 1280. The number of nitrogens with zero attached hydrogens (tertiary/aromatic N) is 3. The molecule has 0 spiro atoms. The fraction of sp³-hybridized carbons (Fsp3) is 0.120. The van der Waals surface area contributed by atoms with E-state index in [4.69, 9.17) is 0 Å². The van der Waals surface area contributed by atoms with Crippen molar-refractivity contribution in [1.82, 2.24) is 14.5 Å². The van der Waals surface area contributed by atoms with Crippen LogP contribution in [-0.2, 0) is 6.54 Å². The van der Waals surface area contributed by atoms with Crippen LogP contribution in [0.4, 0.5) is 5.69 Å². The van der Waals surface area contributed by atoms with Gasteiger partial charge in [-0.2, -0.15) is 0 Å². The van der Waals surface area contributed by atoms with Gasteiger partial charge in [-0.25, -0.2) is 0 Å². The van der Waals surface area contributed by atoms with Gasteiger partial charge in [0.25, 0.3) is 5.91 Å². The maximum atomic E-state index is 13.3. The highest BCUT2D eigenvalue weighted by Crippen LogP contribution is 2.25. The second-order valence-corrected chi connectivity index (χ2v) is 7.29. The minimum atomic E-state index is -0.444. The van der Waals surface area contributed by atoms with Crippen molar-refractivity contribution < 1.29 is 4.79 Å². The largest absolute Gasteiger partial charge is 0.338 e. The summed E-state index contributed by atoms with van der Waals surface area (Å²) in [5.41, 5.74) is 4.21. The molecule has 3 heterocycles. The van der Waals surface area contributed by atoms with Gasteiger partial charge in [-0.1, -0.05) is 24.3 Å². The van der Waals surface area contributed by atoms with Gasteiger partial charge in [-0.15, -0.1) is 0 Å². The summed E-state index contributed by atoms with van der Waals surface area (Å²) < 4.78 is 1.95. The SMILES string of the molecule is Cc1ccccc1NC(=O)c1c(-c2ccncc2)n(Cc2ccccn2)c(C)cc1=O. The van der Waals surface area contributed by atoms with E-state index in [9.17, 15) is 9.59 Å². The summed E-state index contributed by atoms with van der Waals surface area (Å²) in [7, 11) is 0. The average Bonchev–Trinajstić information content (AvgIpc) is 2.78. The maximum absolute atomic E-state index is 13.3. The number of hydrogen-bond donors (Lipinski definition) is 1. The lowest BCUT2D eigenvalue weighted by Crippen LogP contribution is -2.27. The first-order valence-electron chi connectivity index (χ1n) is 9.96. The fourth-order valence-electron chi connectivity index (χ4n) is 3.55. The van der Waals surface area contributed by atoms with Crippen molar-refractivity contribution in [3.8, 4) is 11.3 Å². The number of para-hydroxylation sites is 1. The highest BCUT2D eigenvalue weighted by atomic mass is 16.2. The molecule has 0 aliphatic carbocycles. The van der Waals surface area contributed by atoms with Gasteiger partial charge in [0.1, 0.15) is 5.56 Å². The molecule has 1 amide bonds. The Hall–Kier alpha value is -4.06. The van der Waals surface area contributed by atoms with Crippen molar-refractivity contribution in [1.29, 1.82) is 0 Å². The number of aryl methyl sites for hydroxylation is 2. The zero-order valence-corrected chi connectivity index (χ0v) is 17.4. The lowest BCUT2D eigenvalue weighted by Gasteiger charge is -2.20. The maximum Gasteiger partial charge on any atom is 0.261 e. The van der Waals surface area contributed by atoms with Gasteiger partial charge in [-0.3, -0.25) is 19.6 Å². The van der Waals surface area contributed by atoms with Crippen molar-refractivity contribution in [3.63, 3.8) is 0 Å². The van der Waals surface area contributed by atoms with E-state index >= 15 is 0 Å². The molecule has 0 aliphatic rings. The summed E-state index contributed by atoms with van der Waals surface area (Å²) in [5.74, 6) is -0.444. The predicted octanol–water partition coefficient (Wildman–Crippen LogP) is 4.22. The van der Waals surface area contributed by atoms with E-state index < -0.39 is 5.91 Å². The van der Waals surface area contributed by atoms with Gasteiger partial charge in [0.15, 0.2) is 5.43 Å². The van der Waals surface area contributed by atoms with Gasteiger partial charge < -0.3 is 9.88 Å². The molecular formula is C25H22N4O2. The molecular weight excluding hydrogens is 388 g/mol. The number of amides is 1. The lowest BCUT2D eigenvalue weighted by molar-refractivity contribution is 0.102. The molecule has 6 heteroatoms. The number of anilines is 1. The van der Waals surface area contributed by atoms with Crippen LogP contribution in [0.25, 0.3) is 11.3 Å². The van der Waals surface area contributed by atoms with Crippen LogP contribution in [0.3, 0.4) is 0 Å². The van der Waals surface area contributed by atoms with Crippen molar-refractivity contribution >= 4 is 11.6 Å². The molecule has 3 aromatic heterocycles. The molecule has 6 nitrogen and oxygen atoms in total. The minimum absolute atomic E-state index is 0.0935. The Morgan fingerprint density at radius 2 is 1.71 bits per heavy atom. The van der Waals surface area contributed by atoms with E-state index in [-0.39, 0.29) is 11.0 Å². The Morgan fingerprint density at radius 1 is 0.968 bits per heavy atom. The van der Waals surface area contributed by atoms with Gasteiger partial charge in [0.2, 0.25) is 0 Å². The number of hydrogen-bond acceptors (Lipinski definition) is 4. The van der Waals surface area contributed by atoms with Crippen molar-refractivity contribution in [2.24, 2.45) is 0 Å². The monoisotopic (exact) mass is 410 g/mol. The number of benzene rings is 1. The number of nitrogens with one attached hydrogen (secondary N) is 1. The van der Waals surface area contributed by atoms with E-state index in [1.165, 1.54) is 6.07 Å². The van der Waals surface area contributed by atoms with Crippen LogP contribution in [0.2, 0.25) is 0 Å². The minimum Gasteiger partial charge on any atom is -0.338 e. The summed E-state index contributed by atoms with van der Waals surface area (Å²) in [5, 5.41) is 2.90. The van der Waals surface area contributed by atoms with Crippen LogP contribution in [0.15, 0.2) is 84.0 Å². The molecule has 4 aromatic rings. The van der Waals surface area contributed by atoms with Crippen LogP contribution in [0.5, 0.6) is 0 Å². The van der Waals surface area contributed by atoms with E-state index in [2.05, 4.69) is 15.3 Å². The predicted molar refractivity (Wildman–Crippen MR) is 121 cm³/mol. The van der Waals surface area contributed by atoms with E-state index in [1.54, 1.807) is 30.7 Å². The molecule has 31 heavy (non-hydrogen) atoms. The molecule has 1 aromatic carbocycles. The summed E-state index contributed by atoms with van der Waals surface area (Å²) >= 11 is 0. The number of aromatic nitrogens is 3. The smallest absolute Gasteiger partial charge is 0.261 e. The third-order valence-electron chi connectivity index (χ3n) is 5.14. The van der Waals surface area contributed by atoms with E-state index in [0.717, 1.165) is 22.5 Å². The second-order valence-electron chi connectivity index (χ2n) is 7.29. The summed E-state index contributed by atoms with van der Waals surface area (Å²) in [6.07, 6.45) is 5.03. The topological polar surface area (TPSA) is 76.9 Å². The van der Waals surface area contributed by atoms with Crippen LogP contribution >= 0.6 is 0 Å². The molecule has 0 aliphatic heterocycles. The van der Waals surface area contributed by atoms with E-state index in [0.29, 0.717) is 17.9 Å². The van der Waals surface area contributed by atoms with Crippen LogP contribution in [-0.4, -0.2) is 20.4 Å². The van der Waals surface area contributed by atoms with E-state index in [1.807, 2.05) is 60.9 Å². The quantitative estimate of drug-likeness (QED) is 0.534. The summed E-state index contributed by atoms with van der Waals surface area (Å²) in [6, 6.07) is 18.3. The third kappa shape index (κ3) is 4.28. The van der Waals surface area contributed by atoms with Gasteiger partial charge in [0.05, 0.1) is 17.9 Å². The highest BCUT2D eigenvalue weighted by Gasteiger charge is 2.22. The Balaban J connectivity index is 1.90. The molecule has 4 rings (SSSR count). The van der Waals surface area contributed by atoms with Gasteiger partial charge >= 0.3 is 0 Å². The first-order chi connectivity index (χ1) is 15.0. The number of rotatable bonds is 5. The molecule has 0 fully saturated rings. The van der Waals surface area contributed by atoms with Crippen LogP contribution in [0, 0.1) is 13.8 Å². The molecule has 0 saturated carbocycles. The Kier molecular flexibility index (Phi) is 5.71. The standard InChI is InChI=1S/C25H22N4O2/c1-17-7-3-4-9-21(17)28-25(31)23-22(30)15-18(2)29(16-20-8-5-6-12-27-20)24(23)19-10-13-26-14-11-19/h3-15H,16H2,1-2H3,(H,28,31). The van der Waals surface area contributed by atoms with Crippen molar-refractivity contribution in [2.45, 2.75) is 20.4 Å². The van der Waals surface area contributed by atoms with Gasteiger partial charge in [-0.05, 0) is 49.7 Å². The number of carbonyl (C=O) groups is 1. The molecule has 0 atom stereocenters. The molecule has 1 N–H and O–H groups in total. The fourth-order valence-corrected chi connectivity index (χ4v) is 3.55. The lowest BCUT2D eigenvalue weighted by atomic mass is 10.0.